The molecular formula is C16H23N3. The van der Waals surface area contributed by atoms with Gasteiger partial charge in [0.2, 0.25) is 0 Å². The molecule has 3 nitrogen and oxygen atoms in total. The third kappa shape index (κ3) is 3.08. The molecule has 0 aliphatic carbocycles. The van der Waals surface area contributed by atoms with Crippen molar-refractivity contribution in [1.82, 2.24) is 0 Å². The van der Waals surface area contributed by atoms with Crippen molar-refractivity contribution < 1.29 is 0 Å². The van der Waals surface area contributed by atoms with Crippen molar-refractivity contribution in [3.63, 3.8) is 0 Å². The van der Waals surface area contributed by atoms with Crippen molar-refractivity contribution in [1.29, 1.82) is 5.26 Å². The zero-order valence-corrected chi connectivity index (χ0v) is 11.9. The summed E-state index contributed by atoms with van der Waals surface area (Å²) in [5.41, 5.74) is 8.48. The zero-order valence-electron chi connectivity index (χ0n) is 11.9. The SMILES string of the molecule is CC(C)C1CCN(c2ccc(CN)cc2C#N)CC1. The lowest BCUT2D eigenvalue weighted by Crippen LogP contribution is -2.35. The molecule has 0 spiro atoms. The van der Waals surface area contributed by atoms with Crippen molar-refractivity contribution in [3.05, 3.63) is 29.3 Å². The third-order valence-electron chi connectivity index (χ3n) is 4.24. The van der Waals surface area contributed by atoms with Crippen molar-refractivity contribution in [2.45, 2.75) is 33.2 Å². The van der Waals surface area contributed by atoms with Crippen LogP contribution >= 0.6 is 0 Å². The molecule has 1 aliphatic heterocycles. The van der Waals surface area contributed by atoms with Crippen LogP contribution in [0.5, 0.6) is 0 Å². The number of nitriles is 1. The monoisotopic (exact) mass is 257 g/mol. The van der Waals surface area contributed by atoms with Crippen LogP contribution in [0.2, 0.25) is 0 Å². The third-order valence-corrected chi connectivity index (χ3v) is 4.24. The van der Waals surface area contributed by atoms with Gasteiger partial charge in [0, 0.05) is 19.6 Å². The molecule has 1 aromatic rings. The van der Waals surface area contributed by atoms with Crippen LogP contribution in [0, 0.1) is 23.2 Å². The maximum absolute atomic E-state index is 9.29. The van der Waals surface area contributed by atoms with Crippen molar-refractivity contribution in [3.8, 4) is 6.07 Å². The molecule has 0 aromatic heterocycles. The van der Waals surface area contributed by atoms with Crippen LogP contribution in [0.3, 0.4) is 0 Å². The Hall–Kier alpha value is -1.53. The summed E-state index contributed by atoms with van der Waals surface area (Å²) < 4.78 is 0. The molecule has 2 N–H and O–H groups in total. The fourth-order valence-corrected chi connectivity index (χ4v) is 2.88. The number of anilines is 1. The minimum atomic E-state index is 0.490. The van der Waals surface area contributed by atoms with Crippen LogP contribution in [-0.2, 0) is 6.54 Å². The summed E-state index contributed by atoms with van der Waals surface area (Å²) in [6.07, 6.45) is 2.45. The molecule has 19 heavy (non-hydrogen) atoms. The van der Waals surface area contributed by atoms with Gasteiger partial charge in [-0.3, -0.25) is 0 Å². The van der Waals surface area contributed by atoms with E-state index in [2.05, 4.69) is 30.9 Å². The van der Waals surface area contributed by atoms with Crippen molar-refractivity contribution in [2.24, 2.45) is 17.6 Å². The predicted molar refractivity (Wildman–Crippen MR) is 78.8 cm³/mol. The van der Waals surface area contributed by atoms with Gasteiger partial charge >= 0.3 is 0 Å². The number of piperidine rings is 1. The minimum Gasteiger partial charge on any atom is -0.370 e. The summed E-state index contributed by atoms with van der Waals surface area (Å²) >= 11 is 0. The first kappa shape index (κ1) is 13.9. The fraction of sp³-hybridized carbons (Fsp3) is 0.562. The van der Waals surface area contributed by atoms with E-state index in [0.717, 1.165) is 41.7 Å². The summed E-state index contributed by atoms with van der Waals surface area (Å²) in [5, 5.41) is 9.29. The summed E-state index contributed by atoms with van der Waals surface area (Å²) in [7, 11) is 0. The Labute approximate surface area is 116 Å². The van der Waals surface area contributed by atoms with Crippen molar-refractivity contribution in [2.75, 3.05) is 18.0 Å². The van der Waals surface area contributed by atoms with Gasteiger partial charge in [0.1, 0.15) is 6.07 Å². The molecule has 1 aliphatic rings. The highest BCUT2D eigenvalue weighted by molar-refractivity contribution is 5.60. The van der Waals surface area contributed by atoms with E-state index in [1.54, 1.807) is 0 Å². The van der Waals surface area contributed by atoms with E-state index in [1.165, 1.54) is 12.8 Å². The highest BCUT2D eigenvalue weighted by Gasteiger charge is 2.23. The normalized spacial score (nSPS) is 16.7. The van der Waals surface area contributed by atoms with E-state index >= 15 is 0 Å². The van der Waals surface area contributed by atoms with Gasteiger partial charge in [-0.15, -0.1) is 0 Å². The average Bonchev–Trinajstić information content (AvgIpc) is 2.46. The Morgan fingerprint density at radius 3 is 2.58 bits per heavy atom. The standard InChI is InChI=1S/C16H23N3/c1-12(2)14-5-7-19(8-6-14)16-4-3-13(10-17)9-15(16)11-18/h3-4,9,12,14H,5-8,10,17H2,1-2H3. The van der Waals surface area contributed by atoms with Gasteiger partial charge in [0.05, 0.1) is 11.3 Å². The predicted octanol–water partition coefficient (Wildman–Crippen LogP) is 2.89. The molecule has 1 heterocycles. The lowest BCUT2D eigenvalue weighted by atomic mass is 9.86. The van der Waals surface area contributed by atoms with Crippen molar-refractivity contribution >= 4 is 5.69 Å². The molecule has 0 amide bonds. The second-order valence-corrected chi connectivity index (χ2v) is 5.74. The molecule has 1 aromatic carbocycles. The quantitative estimate of drug-likeness (QED) is 0.906. The average molecular weight is 257 g/mol. The first-order chi connectivity index (χ1) is 9.15. The van der Waals surface area contributed by atoms with E-state index < -0.39 is 0 Å². The Morgan fingerprint density at radius 1 is 1.37 bits per heavy atom. The van der Waals surface area contributed by atoms with Crippen LogP contribution in [0.4, 0.5) is 5.69 Å². The van der Waals surface area contributed by atoms with Crippen LogP contribution in [0.15, 0.2) is 18.2 Å². The summed E-state index contributed by atoms with van der Waals surface area (Å²) in [6, 6.07) is 8.31. The van der Waals surface area contributed by atoms with E-state index in [1.807, 2.05) is 12.1 Å². The molecule has 0 atom stereocenters. The van der Waals surface area contributed by atoms with E-state index in [0.29, 0.717) is 6.54 Å². The van der Waals surface area contributed by atoms with E-state index in [-0.39, 0.29) is 0 Å². The molecule has 0 saturated carbocycles. The van der Waals surface area contributed by atoms with Crippen LogP contribution in [0.1, 0.15) is 37.8 Å². The highest BCUT2D eigenvalue weighted by atomic mass is 15.1. The second-order valence-electron chi connectivity index (χ2n) is 5.74. The topological polar surface area (TPSA) is 53.0 Å². The number of nitrogens with two attached hydrogens (primary N) is 1. The molecule has 0 bridgehead atoms. The maximum Gasteiger partial charge on any atom is 0.101 e. The molecule has 2 rings (SSSR count). The lowest BCUT2D eigenvalue weighted by molar-refractivity contribution is 0.311. The zero-order chi connectivity index (χ0) is 13.8. The maximum atomic E-state index is 9.29. The lowest BCUT2D eigenvalue weighted by Gasteiger charge is -2.35. The molecule has 1 fully saturated rings. The largest absolute Gasteiger partial charge is 0.370 e. The van der Waals surface area contributed by atoms with E-state index in [9.17, 15) is 5.26 Å². The van der Waals surface area contributed by atoms with Gasteiger partial charge in [-0.2, -0.15) is 5.26 Å². The molecule has 0 unspecified atom stereocenters. The molecule has 3 heteroatoms. The number of nitrogens with zero attached hydrogens (tertiary/aromatic N) is 2. The number of benzene rings is 1. The Morgan fingerprint density at radius 2 is 2.05 bits per heavy atom. The molecule has 102 valence electrons. The van der Waals surface area contributed by atoms with Crippen LogP contribution < -0.4 is 10.6 Å². The number of hydrogen-bond acceptors (Lipinski definition) is 3. The first-order valence-corrected chi connectivity index (χ1v) is 7.13. The Balaban J connectivity index is 2.13. The molecular weight excluding hydrogens is 234 g/mol. The molecule has 1 saturated heterocycles. The van der Waals surface area contributed by atoms with Gasteiger partial charge in [0.15, 0.2) is 0 Å². The number of rotatable bonds is 3. The Bertz CT molecular complexity index is 465. The summed E-state index contributed by atoms with van der Waals surface area (Å²) in [4.78, 5) is 2.34. The van der Waals surface area contributed by atoms with Gasteiger partial charge in [-0.25, -0.2) is 0 Å². The highest BCUT2D eigenvalue weighted by Crippen LogP contribution is 2.29. The van der Waals surface area contributed by atoms with Gasteiger partial charge in [0.25, 0.3) is 0 Å². The number of hydrogen-bond donors (Lipinski definition) is 1. The summed E-state index contributed by atoms with van der Waals surface area (Å²) in [5.74, 6) is 1.59. The summed E-state index contributed by atoms with van der Waals surface area (Å²) in [6.45, 7) is 7.21. The molecule has 0 radical (unpaired) electrons. The van der Waals surface area contributed by atoms with Gasteiger partial charge in [-0.05, 0) is 42.4 Å². The van der Waals surface area contributed by atoms with Gasteiger partial charge < -0.3 is 10.6 Å². The van der Waals surface area contributed by atoms with Gasteiger partial charge in [-0.1, -0.05) is 19.9 Å². The van der Waals surface area contributed by atoms with Crippen LogP contribution in [-0.4, -0.2) is 13.1 Å². The Kier molecular flexibility index (Phi) is 4.44. The minimum absolute atomic E-state index is 0.490. The second kappa shape index (κ2) is 6.08. The fourth-order valence-electron chi connectivity index (χ4n) is 2.88. The first-order valence-electron chi connectivity index (χ1n) is 7.13. The van der Waals surface area contributed by atoms with E-state index in [4.69, 9.17) is 5.73 Å². The smallest absolute Gasteiger partial charge is 0.101 e. The van der Waals surface area contributed by atoms with Crippen LogP contribution in [0.25, 0.3) is 0 Å².